The van der Waals surface area contributed by atoms with E-state index in [1.807, 2.05) is 6.92 Å². The van der Waals surface area contributed by atoms with E-state index in [1.165, 1.54) is 0 Å². The average Bonchev–Trinajstić information content (AvgIpc) is 2.76. The van der Waals surface area contributed by atoms with Crippen LogP contribution in [0.5, 0.6) is 0 Å². The lowest BCUT2D eigenvalue weighted by Crippen LogP contribution is -2.32. The van der Waals surface area contributed by atoms with Gasteiger partial charge in [-0.05, 0) is 19.8 Å². The van der Waals surface area contributed by atoms with Crippen molar-refractivity contribution < 1.29 is 19.5 Å². The number of rotatable bonds is 1. The lowest BCUT2D eigenvalue weighted by molar-refractivity contribution is -0.140. The molecule has 2 aliphatic rings. The fourth-order valence-electron chi connectivity index (χ4n) is 1.57. The molecule has 16 heavy (non-hydrogen) atoms. The summed E-state index contributed by atoms with van der Waals surface area (Å²) in [5, 5.41) is 13.4. The molecule has 0 radical (unpaired) electrons. The molecular weight excluding hydrogens is 212 g/mol. The van der Waals surface area contributed by atoms with Gasteiger partial charge in [0.25, 0.3) is 0 Å². The molecule has 0 aromatic rings. The highest BCUT2D eigenvalue weighted by atomic mass is 16.4. The Balaban J connectivity index is 0.000000165. The molecule has 0 aromatic carbocycles. The van der Waals surface area contributed by atoms with Crippen molar-refractivity contribution in [2.24, 2.45) is 0 Å². The molecule has 90 valence electrons. The number of hydrogen-bond acceptors (Lipinski definition) is 3. The van der Waals surface area contributed by atoms with E-state index in [2.05, 4.69) is 10.6 Å². The van der Waals surface area contributed by atoms with Gasteiger partial charge in [-0.15, -0.1) is 0 Å². The molecule has 0 saturated carbocycles. The van der Waals surface area contributed by atoms with Gasteiger partial charge in [0.2, 0.25) is 11.8 Å². The van der Waals surface area contributed by atoms with E-state index in [-0.39, 0.29) is 11.8 Å². The molecule has 0 aliphatic carbocycles. The van der Waals surface area contributed by atoms with Gasteiger partial charge in [0.05, 0.1) is 0 Å². The van der Waals surface area contributed by atoms with Crippen LogP contribution in [0.4, 0.5) is 0 Å². The molecule has 2 amide bonds. The van der Waals surface area contributed by atoms with E-state index in [0.29, 0.717) is 18.9 Å². The van der Waals surface area contributed by atoms with Gasteiger partial charge in [-0.1, -0.05) is 0 Å². The first-order valence-electron chi connectivity index (χ1n) is 5.30. The monoisotopic (exact) mass is 228 g/mol. The molecule has 2 saturated heterocycles. The molecule has 3 N–H and O–H groups in total. The van der Waals surface area contributed by atoms with Crippen LogP contribution in [-0.4, -0.2) is 35.0 Å². The summed E-state index contributed by atoms with van der Waals surface area (Å²) in [4.78, 5) is 30.9. The van der Waals surface area contributed by atoms with E-state index >= 15 is 0 Å². The van der Waals surface area contributed by atoms with E-state index in [0.717, 1.165) is 12.8 Å². The van der Waals surface area contributed by atoms with Gasteiger partial charge in [-0.25, -0.2) is 4.79 Å². The van der Waals surface area contributed by atoms with Gasteiger partial charge in [0.1, 0.15) is 6.04 Å². The van der Waals surface area contributed by atoms with E-state index in [4.69, 9.17) is 5.11 Å². The smallest absolute Gasteiger partial charge is 0.326 e. The summed E-state index contributed by atoms with van der Waals surface area (Å²) in [6.07, 6.45) is 2.51. The van der Waals surface area contributed by atoms with Gasteiger partial charge in [-0.3, -0.25) is 9.59 Å². The maximum Gasteiger partial charge on any atom is 0.326 e. The van der Waals surface area contributed by atoms with Crippen LogP contribution in [0.15, 0.2) is 0 Å². The van der Waals surface area contributed by atoms with Crippen LogP contribution < -0.4 is 10.6 Å². The molecule has 6 nitrogen and oxygen atoms in total. The lowest BCUT2D eigenvalue weighted by atomic mass is 10.2. The van der Waals surface area contributed by atoms with Gasteiger partial charge in [-0.2, -0.15) is 0 Å². The summed E-state index contributed by atoms with van der Waals surface area (Å²) in [6, 6.07) is -0.218. The zero-order valence-electron chi connectivity index (χ0n) is 9.16. The molecule has 0 bridgehead atoms. The van der Waals surface area contributed by atoms with Gasteiger partial charge < -0.3 is 15.7 Å². The number of carboxylic acid groups (broad SMARTS) is 1. The third-order valence-electron chi connectivity index (χ3n) is 2.51. The Morgan fingerprint density at radius 3 is 1.94 bits per heavy atom. The normalized spacial score (nSPS) is 27.8. The Bertz CT molecular complexity index is 303. The van der Waals surface area contributed by atoms with Crippen LogP contribution in [-0.2, 0) is 14.4 Å². The van der Waals surface area contributed by atoms with Crippen LogP contribution in [0.1, 0.15) is 32.6 Å². The Morgan fingerprint density at radius 1 is 1.19 bits per heavy atom. The van der Waals surface area contributed by atoms with Gasteiger partial charge in [0, 0.05) is 18.9 Å². The highest BCUT2D eigenvalue weighted by molar-refractivity contribution is 5.87. The van der Waals surface area contributed by atoms with Crippen LogP contribution >= 0.6 is 0 Å². The molecule has 0 spiro atoms. The molecule has 2 aliphatic heterocycles. The first kappa shape index (κ1) is 12.5. The molecular formula is C10H16N2O4. The summed E-state index contributed by atoms with van der Waals surface area (Å²) in [5.74, 6) is -0.907. The van der Waals surface area contributed by atoms with Crippen molar-refractivity contribution in [3.8, 4) is 0 Å². The third-order valence-corrected chi connectivity index (χ3v) is 2.51. The van der Waals surface area contributed by atoms with Crippen molar-refractivity contribution in [1.29, 1.82) is 0 Å². The topological polar surface area (TPSA) is 95.5 Å². The second-order valence-corrected chi connectivity index (χ2v) is 4.00. The number of carbonyl (C=O) groups excluding carboxylic acids is 2. The first-order valence-corrected chi connectivity index (χ1v) is 5.30. The van der Waals surface area contributed by atoms with Crippen LogP contribution in [0.2, 0.25) is 0 Å². The minimum absolute atomic E-state index is 0.164. The maximum atomic E-state index is 10.4. The predicted molar refractivity (Wildman–Crippen MR) is 55.6 cm³/mol. The van der Waals surface area contributed by atoms with Gasteiger partial charge in [0.15, 0.2) is 0 Å². The second-order valence-electron chi connectivity index (χ2n) is 4.00. The number of carbonyl (C=O) groups is 3. The number of nitrogens with one attached hydrogen (secondary N) is 2. The van der Waals surface area contributed by atoms with Crippen molar-refractivity contribution in [3.05, 3.63) is 0 Å². The zero-order chi connectivity index (χ0) is 12.1. The van der Waals surface area contributed by atoms with E-state index in [9.17, 15) is 14.4 Å². The predicted octanol–water partition coefficient (Wildman–Crippen LogP) is -0.365. The van der Waals surface area contributed by atoms with Crippen molar-refractivity contribution in [2.75, 3.05) is 0 Å². The van der Waals surface area contributed by atoms with E-state index in [1.54, 1.807) is 0 Å². The molecule has 6 heteroatoms. The van der Waals surface area contributed by atoms with E-state index < -0.39 is 12.0 Å². The quantitative estimate of drug-likeness (QED) is 0.571. The zero-order valence-corrected chi connectivity index (χ0v) is 9.16. The van der Waals surface area contributed by atoms with Crippen LogP contribution in [0.3, 0.4) is 0 Å². The average molecular weight is 228 g/mol. The van der Waals surface area contributed by atoms with Crippen molar-refractivity contribution in [3.63, 3.8) is 0 Å². The molecule has 0 aromatic heterocycles. The summed E-state index contributed by atoms with van der Waals surface area (Å²) in [7, 11) is 0. The molecule has 2 atom stereocenters. The summed E-state index contributed by atoms with van der Waals surface area (Å²) in [5.41, 5.74) is 0. The van der Waals surface area contributed by atoms with Crippen molar-refractivity contribution in [1.82, 2.24) is 10.6 Å². The Kier molecular flexibility index (Phi) is 4.28. The number of amides is 2. The minimum atomic E-state index is -0.944. The summed E-state index contributed by atoms with van der Waals surface area (Å²) in [6.45, 7) is 2.02. The molecule has 2 unspecified atom stereocenters. The largest absolute Gasteiger partial charge is 0.480 e. The fraction of sp³-hybridized carbons (Fsp3) is 0.700. The minimum Gasteiger partial charge on any atom is -0.480 e. The van der Waals surface area contributed by atoms with Crippen LogP contribution in [0, 0.1) is 0 Å². The van der Waals surface area contributed by atoms with Gasteiger partial charge >= 0.3 is 5.97 Å². The molecule has 2 fully saturated rings. The van der Waals surface area contributed by atoms with Crippen molar-refractivity contribution in [2.45, 2.75) is 44.7 Å². The third kappa shape index (κ3) is 3.88. The highest BCUT2D eigenvalue weighted by Gasteiger charge is 2.26. The number of aliphatic carboxylic acids is 1. The first-order chi connectivity index (χ1) is 7.49. The standard InChI is InChI=1S/C5H7NO3.C5H9NO/c7-4-2-1-3(6-4)5(8)9;1-4-2-3-5(7)6-4/h3H,1-2H2,(H,6,7)(H,8,9);4H,2-3H2,1H3,(H,6,7). The molecule has 2 heterocycles. The summed E-state index contributed by atoms with van der Waals surface area (Å²) < 4.78 is 0. The number of carboxylic acids is 1. The summed E-state index contributed by atoms with van der Waals surface area (Å²) >= 11 is 0. The SMILES string of the molecule is CC1CCC(=O)N1.O=C1CCC(C(=O)O)N1. The van der Waals surface area contributed by atoms with Crippen molar-refractivity contribution >= 4 is 17.8 Å². The lowest BCUT2D eigenvalue weighted by Gasteiger charge is -1.99. The fourth-order valence-corrected chi connectivity index (χ4v) is 1.57. The van der Waals surface area contributed by atoms with Crippen LogP contribution in [0.25, 0.3) is 0 Å². The Morgan fingerprint density at radius 2 is 1.75 bits per heavy atom. The number of hydrogen-bond donors (Lipinski definition) is 3. The second kappa shape index (κ2) is 5.48. The molecule has 2 rings (SSSR count). The highest BCUT2D eigenvalue weighted by Crippen LogP contribution is 2.05. The Labute approximate surface area is 93.4 Å². The Hall–Kier alpha value is -1.59. The maximum absolute atomic E-state index is 10.4.